The summed E-state index contributed by atoms with van der Waals surface area (Å²) < 4.78 is 46.2. The molecule has 4 rings (SSSR count). The number of rotatable bonds is 4. The van der Waals surface area contributed by atoms with Gasteiger partial charge in [-0.3, -0.25) is 9.63 Å². The minimum Gasteiger partial charge on any atom is -0.490 e. The summed E-state index contributed by atoms with van der Waals surface area (Å²) in [4.78, 5) is 18.2. The van der Waals surface area contributed by atoms with Crippen molar-refractivity contribution in [1.29, 1.82) is 5.26 Å². The van der Waals surface area contributed by atoms with E-state index in [0.29, 0.717) is 30.6 Å². The smallest absolute Gasteiger partial charge is 0.250 e. The molecule has 2 fully saturated rings. The first-order chi connectivity index (χ1) is 13.9. The summed E-state index contributed by atoms with van der Waals surface area (Å²) in [5, 5.41) is 10.1. The van der Waals surface area contributed by atoms with Gasteiger partial charge in [-0.05, 0) is 42.7 Å². The molecule has 1 amide bonds. The van der Waals surface area contributed by atoms with Gasteiger partial charge in [0.2, 0.25) is 5.91 Å². The van der Waals surface area contributed by atoms with E-state index in [1.165, 1.54) is 29.3 Å². The van der Waals surface area contributed by atoms with Crippen LogP contribution in [-0.4, -0.2) is 23.7 Å². The highest BCUT2D eigenvalue weighted by Crippen LogP contribution is 2.38. The molecule has 8 heteroatoms. The second kappa shape index (κ2) is 7.76. The molecule has 1 saturated heterocycles. The van der Waals surface area contributed by atoms with Crippen molar-refractivity contribution in [3.63, 3.8) is 0 Å². The van der Waals surface area contributed by atoms with Crippen LogP contribution in [0.1, 0.15) is 36.4 Å². The molecule has 0 unspecified atom stereocenters. The van der Waals surface area contributed by atoms with E-state index in [4.69, 9.17) is 14.8 Å². The van der Waals surface area contributed by atoms with Gasteiger partial charge in [0.15, 0.2) is 0 Å². The molecule has 1 heterocycles. The van der Waals surface area contributed by atoms with E-state index in [-0.39, 0.29) is 30.1 Å². The lowest BCUT2D eigenvalue weighted by Crippen LogP contribution is -2.45. The van der Waals surface area contributed by atoms with E-state index in [9.17, 15) is 18.0 Å². The third kappa shape index (κ3) is 3.91. The summed E-state index contributed by atoms with van der Waals surface area (Å²) in [5.74, 6) is -2.25. The highest BCUT2D eigenvalue weighted by atomic mass is 19.1. The van der Waals surface area contributed by atoms with Crippen LogP contribution < -0.4 is 4.74 Å². The van der Waals surface area contributed by atoms with Crippen LogP contribution >= 0.6 is 0 Å². The van der Waals surface area contributed by atoms with Gasteiger partial charge in [0.25, 0.3) is 0 Å². The minimum absolute atomic E-state index is 0.106. The summed E-state index contributed by atoms with van der Waals surface area (Å²) in [6.07, 6.45) is 1.08. The molecule has 29 heavy (non-hydrogen) atoms. The molecule has 0 radical (unpaired) electrons. The molecule has 1 atom stereocenters. The van der Waals surface area contributed by atoms with Crippen LogP contribution in [0, 0.1) is 34.7 Å². The predicted octanol–water partition coefficient (Wildman–Crippen LogP) is 4.04. The second-order valence-corrected chi connectivity index (χ2v) is 7.17. The average molecular weight is 402 g/mol. The Labute approximate surface area is 165 Å². The predicted molar refractivity (Wildman–Crippen MR) is 94.8 cm³/mol. The van der Waals surface area contributed by atoms with Crippen molar-refractivity contribution >= 4 is 5.91 Å². The Morgan fingerprint density at radius 2 is 1.86 bits per heavy atom. The van der Waals surface area contributed by atoms with Crippen LogP contribution in [0.5, 0.6) is 5.75 Å². The quantitative estimate of drug-likeness (QED) is 0.775. The highest BCUT2D eigenvalue weighted by Gasteiger charge is 2.43. The van der Waals surface area contributed by atoms with Gasteiger partial charge in [-0.2, -0.15) is 5.26 Å². The first-order valence-corrected chi connectivity index (χ1v) is 9.23. The molecule has 5 nitrogen and oxygen atoms in total. The number of hydroxylamine groups is 2. The first-order valence-electron chi connectivity index (χ1n) is 9.23. The molecule has 2 aromatic carbocycles. The van der Waals surface area contributed by atoms with Crippen LogP contribution in [0.25, 0.3) is 0 Å². The molecule has 150 valence electrons. The Morgan fingerprint density at radius 1 is 1.14 bits per heavy atom. The third-order valence-corrected chi connectivity index (χ3v) is 5.20. The van der Waals surface area contributed by atoms with Gasteiger partial charge in [0.05, 0.1) is 18.2 Å². The number of benzene rings is 2. The maximum Gasteiger partial charge on any atom is 0.250 e. The summed E-state index contributed by atoms with van der Waals surface area (Å²) in [6.45, 7) is 0.285. The number of carbonyl (C=O) groups excluding carboxylic acids is 1. The first kappa shape index (κ1) is 19.3. The van der Waals surface area contributed by atoms with E-state index in [1.54, 1.807) is 6.07 Å². The number of hydrogen-bond donors (Lipinski definition) is 0. The van der Waals surface area contributed by atoms with Crippen molar-refractivity contribution < 1.29 is 27.5 Å². The lowest BCUT2D eigenvalue weighted by molar-refractivity contribution is -0.187. The van der Waals surface area contributed by atoms with Crippen molar-refractivity contribution in [2.45, 2.75) is 31.4 Å². The molecule has 0 bridgehead atoms. The summed E-state index contributed by atoms with van der Waals surface area (Å²) in [6, 6.07) is 8.33. The van der Waals surface area contributed by atoms with E-state index in [2.05, 4.69) is 0 Å². The number of halogens is 3. The fourth-order valence-electron chi connectivity index (χ4n) is 3.66. The number of nitriles is 1. The Bertz CT molecular complexity index is 965. The summed E-state index contributed by atoms with van der Waals surface area (Å²) in [7, 11) is 0. The Hall–Kier alpha value is -3.05. The van der Waals surface area contributed by atoms with Gasteiger partial charge in [-0.25, -0.2) is 18.2 Å². The summed E-state index contributed by atoms with van der Waals surface area (Å²) >= 11 is 0. The Balaban J connectivity index is 1.38. The van der Waals surface area contributed by atoms with Gasteiger partial charge in [-0.1, -0.05) is 0 Å². The maximum absolute atomic E-state index is 13.5. The van der Waals surface area contributed by atoms with Gasteiger partial charge in [0.1, 0.15) is 35.4 Å². The standard InChI is InChI=1S/C21H17F3N2O3/c22-15-5-12(6-16(23)10-15)20-3-4-28-26(20)21(27)13-7-18(8-13)29-17-1-2-19(24)14(9-17)11-25/h1-2,5-6,9-10,13,18,20H,3-4,7-8H2/t13?,18?,20-/m0/s1. The van der Waals surface area contributed by atoms with Crippen LogP contribution in [0.15, 0.2) is 36.4 Å². The molecule has 1 saturated carbocycles. The van der Waals surface area contributed by atoms with Crippen LogP contribution in [0.2, 0.25) is 0 Å². The van der Waals surface area contributed by atoms with Crippen molar-refractivity contribution in [2.75, 3.05) is 6.61 Å². The number of hydrogen-bond acceptors (Lipinski definition) is 4. The number of amides is 1. The molecule has 2 aromatic rings. The van der Waals surface area contributed by atoms with Crippen molar-refractivity contribution in [2.24, 2.45) is 5.92 Å². The van der Waals surface area contributed by atoms with Crippen molar-refractivity contribution in [3.8, 4) is 11.8 Å². The van der Waals surface area contributed by atoms with Crippen LogP contribution in [0.3, 0.4) is 0 Å². The van der Waals surface area contributed by atoms with Gasteiger partial charge in [-0.15, -0.1) is 0 Å². The molecule has 0 N–H and O–H groups in total. The number of nitrogens with zero attached hydrogens (tertiary/aromatic N) is 2. The average Bonchev–Trinajstić information content (AvgIpc) is 3.14. The zero-order valence-electron chi connectivity index (χ0n) is 15.3. The molecule has 0 aromatic heterocycles. The molecule has 0 spiro atoms. The minimum atomic E-state index is -0.701. The largest absolute Gasteiger partial charge is 0.490 e. The SMILES string of the molecule is N#Cc1cc(OC2CC(C(=O)N3OCC[C@H]3c3cc(F)cc(F)c3)C2)ccc1F. The van der Waals surface area contributed by atoms with Gasteiger partial charge >= 0.3 is 0 Å². The van der Waals surface area contributed by atoms with E-state index in [1.807, 2.05) is 0 Å². The molecule has 1 aliphatic carbocycles. The summed E-state index contributed by atoms with van der Waals surface area (Å²) in [5.41, 5.74) is 0.251. The van der Waals surface area contributed by atoms with Gasteiger partial charge < -0.3 is 4.74 Å². The maximum atomic E-state index is 13.5. The van der Waals surface area contributed by atoms with Crippen LogP contribution in [-0.2, 0) is 9.63 Å². The Kier molecular flexibility index (Phi) is 5.16. The third-order valence-electron chi connectivity index (χ3n) is 5.20. The van der Waals surface area contributed by atoms with E-state index < -0.39 is 23.5 Å². The number of ether oxygens (including phenoxy) is 1. The topological polar surface area (TPSA) is 62.6 Å². The normalized spacial score (nSPS) is 23.4. The second-order valence-electron chi connectivity index (χ2n) is 7.17. The van der Waals surface area contributed by atoms with Crippen molar-refractivity contribution in [3.05, 3.63) is 65.0 Å². The molecule has 1 aliphatic heterocycles. The van der Waals surface area contributed by atoms with E-state index in [0.717, 1.165) is 12.1 Å². The fourth-order valence-corrected chi connectivity index (χ4v) is 3.66. The fraction of sp³-hybridized carbons (Fsp3) is 0.333. The molecule has 2 aliphatic rings. The van der Waals surface area contributed by atoms with E-state index >= 15 is 0 Å². The highest BCUT2D eigenvalue weighted by molar-refractivity contribution is 5.79. The molecular weight excluding hydrogens is 385 g/mol. The monoisotopic (exact) mass is 402 g/mol. The zero-order valence-corrected chi connectivity index (χ0v) is 15.3. The lowest BCUT2D eigenvalue weighted by atomic mass is 9.81. The lowest BCUT2D eigenvalue weighted by Gasteiger charge is -2.37. The Morgan fingerprint density at radius 3 is 2.55 bits per heavy atom. The zero-order chi connectivity index (χ0) is 20.5. The number of carbonyl (C=O) groups is 1. The van der Waals surface area contributed by atoms with Crippen molar-refractivity contribution in [1.82, 2.24) is 5.06 Å². The van der Waals surface area contributed by atoms with Crippen LogP contribution in [0.4, 0.5) is 13.2 Å². The van der Waals surface area contributed by atoms with Gasteiger partial charge in [0, 0.05) is 24.5 Å². The molecular formula is C21H17F3N2O3.